The van der Waals surface area contributed by atoms with E-state index in [1.54, 1.807) is 0 Å². The van der Waals surface area contributed by atoms with Crippen molar-refractivity contribution in [3.05, 3.63) is 0 Å². The molecular formula is C12H20N4O5. The molecule has 1 aliphatic rings. The van der Waals surface area contributed by atoms with Crippen molar-refractivity contribution in [2.75, 3.05) is 19.6 Å². The molecule has 6 N–H and O–H groups in total. The molecule has 0 aromatic heterocycles. The molecule has 2 unspecified atom stereocenters. The molecule has 1 saturated heterocycles. The number of Topliss-reactive ketones (excluding diaryl/α,β-unsaturated/α-hetero) is 1. The molecule has 0 spiro atoms. The summed E-state index contributed by atoms with van der Waals surface area (Å²) in [6.45, 7) is -0.162. The Hall–Kier alpha value is -2.00. The first kappa shape index (κ1) is 17.1. The Labute approximate surface area is 121 Å². The predicted molar refractivity (Wildman–Crippen MR) is 72.3 cm³/mol. The minimum absolute atomic E-state index is 0.0192. The van der Waals surface area contributed by atoms with Gasteiger partial charge in [0.15, 0.2) is 5.78 Å². The van der Waals surface area contributed by atoms with E-state index in [1.165, 1.54) is 0 Å². The highest BCUT2D eigenvalue weighted by Crippen LogP contribution is 1.99. The summed E-state index contributed by atoms with van der Waals surface area (Å²) >= 11 is 0. The van der Waals surface area contributed by atoms with Gasteiger partial charge in [-0.25, -0.2) is 0 Å². The molecule has 1 aliphatic heterocycles. The summed E-state index contributed by atoms with van der Waals surface area (Å²) in [7, 11) is 0. The van der Waals surface area contributed by atoms with Gasteiger partial charge in [0.25, 0.3) is 0 Å². The van der Waals surface area contributed by atoms with Crippen molar-refractivity contribution in [3.8, 4) is 0 Å². The van der Waals surface area contributed by atoms with Crippen LogP contribution in [0.3, 0.4) is 0 Å². The van der Waals surface area contributed by atoms with Crippen LogP contribution >= 0.6 is 0 Å². The fourth-order valence-electron chi connectivity index (χ4n) is 1.80. The van der Waals surface area contributed by atoms with Gasteiger partial charge in [-0.1, -0.05) is 0 Å². The van der Waals surface area contributed by atoms with Crippen LogP contribution in [0, 0.1) is 0 Å². The van der Waals surface area contributed by atoms with Crippen LogP contribution in [-0.2, 0) is 19.2 Å². The van der Waals surface area contributed by atoms with Gasteiger partial charge in [0.2, 0.25) is 11.8 Å². The van der Waals surface area contributed by atoms with Gasteiger partial charge in [-0.15, -0.1) is 0 Å². The maximum atomic E-state index is 11.7. The molecule has 1 fully saturated rings. The highest BCUT2D eigenvalue weighted by atomic mass is 16.4. The van der Waals surface area contributed by atoms with Crippen LogP contribution in [0.2, 0.25) is 0 Å². The van der Waals surface area contributed by atoms with E-state index in [4.69, 9.17) is 10.8 Å². The van der Waals surface area contributed by atoms with Gasteiger partial charge in [-0.3, -0.25) is 24.5 Å². The smallest absolute Gasteiger partial charge is 0.320 e. The molecule has 0 radical (unpaired) electrons. The van der Waals surface area contributed by atoms with Crippen molar-refractivity contribution in [3.63, 3.8) is 0 Å². The molecule has 0 aromatic carbocycles. The van der Waals surface area contributed by atoms with E-state index in [1.807, 2.05) is 0 Å². The van der Waals surface area contributed by atoms with Gasteiger partial charge >= 0.3 is 5.97 Å². The lowest BCUT2D eigenvalue weighted by molar-refractivity contribution is -0.140. The number of hydrogen-bond acceptors (Lipinski definition) is 6. The molecular weight excluding hydrogens is 280 g/mol. The molecule has 0 aliphatic carbocycles. The molecule has 1 rings (SSSR count). The molecule has 0 saturated carbocycles. The Balaban J connectivity index is 2.67. The highest BCUT2D eigenvalue weighted by Gasteiger charge is 2.22. The van der Waals surface area contributed by atoms with Crippen LogP contribution < -0.4 is 21.7 Å². The Morgan fingerprint density at radius 3 is 2.48 bits per heavy atom. The van der Waals surface area contributed by atoms with Gasteiger partial charge in [0.05, 0.1) is 19.1 Å². The molecule has 9 heteroatoms. The van der Waals surface area contributed by atoms with Gasteiger partial charge in [-0.2, -0.15) is 0 Å². The summed E-state index contributed by atoms with van der Waals surface area (Å²) < 4.78 is 0. The average Bonchev–Trinajstić information content (AvgIpc) is 2.43. The predicted octanol–water partition coefficient (Wildman–Crippen LogP) is -2.66. The zero-order chi connectivity index (χ0) is 15.8. The van der Waals surface area contributed by atoms with Crippen LogP contribution in [0.1, 0.15) is 19.3 Å². The lowest BCUT2D eigenvalue weighted by Gasteiger charge is -2.17. The number of nitrogens with two attached hydrogens (primary N) is 1. The zero-order valence-electron chi connectivity index (χ0n) is 11.6. The number of nitrogens with one attached hydrogen (secondary N) is 3. The van der Waals surface area contributed by atoms with Crippen molar-refractivity contribution in [1.29, 1.82) is 0 Å². The third kappa shape index (κ3) is 6.32. The number of aliphatic carboxylic acids is 1. The third-order valence-electron chi connectivity index (χ3n) is 3.12. The van der Waals surface area contributed by atoms with Crippen molar-refractivity contribution in [2.45, 2.75) is 31.3 Å². The monoisotopic (exact) mass is 300 g/mol. The number of hydrogen-bond donors (Lipinski definition) is 5. The van der Waals surface area contributed by atoms with Crippen molar-refractivity contribution in [2.24, 2.45) is 5.73 Å². The number of amides is 2. The fourth-order valence-corrected chi connectivity index (χ4v) is 1.80. The van der Waals surface area contributed by atoms with E-state index in [9.17, 15) is 19.2 Å². The van der Waals surface area contributed by atoms with E-state index in [2.05, 4.69) is 16.0 Å². The average molecular weight is 300 g/mol. The molecule has 9 nitrogen and oxygen atoms in total. The summed E-state index contributed by atoms with van der Waals surface area (Å²) in [6, 6.07) is -1.78. The fraction of sp³-hybridized carbons (Fsp3) is 0.667. The van der Waals surface area contributed by atoms with E-state index in [0.29, 0.717) is 0 Å². The summed E-state index contributed by atoms with van der Waals surface area (Å²) in [6.07, 6.45) is 0.209. The second-order valence-corrected chi connectivity index (χ2v) is 4.80. The third-order valence-corrected chi connectivity index (χ3v) is 3.12. The summed E-state index contributed by atoms with van der Waals surface area (Å²) in [5.74, 6) is -2.28. The lowest BCUT2D eigenvalue weighted by Crippen LogP contribution is -2.47. The first-order valence-electron chi connectivity index (χ1n) is 6.68. The lowest BCUT2D eigenvalue weighted by atomic mass is 10.1. The SMILES string of the molecule is NC1CCNC(=O)CNC(=O)CCC(C(=O)O)NCC1=O. The Morgan fingerprint density at radius 1 is 1.10 bits per heavy atom. The van der Waals surface area contributed by atoms with Crippen molar-refractivity contribution in [1.82, 2.24) is 16.0 Å². The topological polar surface area (TPSA) is 151 Å². The van der Waals surface area contributed by atoms with Gasteiger partial charge in [0.1, 0.15) is 6.04 Å². The molecule has 2 atom stereocenters. The molecule has 1 heterocycles. The first-order valence-corrected chi connectivity index (χ1v) is 6.68. The Bertz CT molecular complexity index is 426. The van der Waals surface area contributed by atoms with E-state index in [0.717, 1.165) is 0 Å². The van der Waals surface area contributed by atoms with Gasteiger partial charge in [0, 0.05) is 13.0 Å². The van der Waals surface area contributed by atoms with E-state index < -0.39 is 24.0 Å². The molecule has 21 heavy (non-hydrogen) atoms. The van der Waals surface area contributed by atoms with Crippen LogP contribution in [0.15, 0.2) is 0 Å². The Kier molecular flexibility index (Phi) is 6.76. The highest BCUT2D eigenvalue weighted by molar-refractivity contribution is 5.87. The van der Waals surface area contributed by atoms with Crippen molar-refractivity contribution >= 4 is 23.6 Å². The number of ketones is 1. The standard InChI is InChI=1S/C12H20N4O5/c13-7-3-4-14-11(19)6-16-10(18)2-1-8(12(20)21)15-5-9(7)17/h7-8,15H,1-6,13H2,(H,14,19)(H,16,18)(H,20,21). The quantitative estimate of drug-likeness (QED) is 0.354. The summed E-state index contributed by atoms with van der Waals surface area (Å²) in [5.41, 5.74) is 5.66. The number of carboxylic acid groups (broad SMARTS) is 1. The van der Waals surface area contributed by atoms with E-state index in [-0.39, 0.29) is 50.6 Å². The zero-order valence-corrected chi connectivity index (χ0v) is 11.6. The van der Waals surface area contributed by atoms with E-state index >= 15 is 0 Å². The summed E-state index contributed by atoms with van der Waals surface area (Å²) in [4.78, 5) is 45.7. The maximum absolute atomic E-state index is 11.7. The largest absolute Gasteiger partial charge is 0.480 e. The number of carbonyl (C=O) groups is 4. The number of carbonyl (C=O) groups excluding carboxylic acids is 3. The minimum Gasteiger partial charge on any atom is -0.480 e. The normalized spacial score (nSPS) is 26.4. The second kappa shape index (κ2) is 8.32. The molecule has 118 valence electrons. The number of rotatable bonds is 1. The second-order valence-electron chi connectivity index (χ2n) is 4.80. The molecule has 2 amide bonds. The summed E-state index contributed by atoms with van der Waals surface area (Å²) in [5, 5.41) is 16.5. The van der Waals surface area contributed by atoms with Gasteiger partial charge < -0.3 is 21.5 Å². The van der Waals surface area contributed by atoms with Crippen LogP contribution in [0.25, 0.3) is 0 Å². The van der Waals surface area contributed by atoms with Gasteiger partial charge in [-0.05, 0) is 12.8 Å². The molecule has 0 bridgehead atoms. The van der Waals surface area contributed by atoms with Crippen LogP contribution in [0.5, 0.6) is 0 Å². The first-order chi connectivity index (χ1) is 9.90. The Morgan fingerprint density at radius 2 is 1.81 bits per heavy atom. The molecule has 0 aromatic rings. The minimum atomic E-state index is -1.14. The van der Waals surface area contributed by atoms with Crippen LogP contribution in [0.4, 0.5) is 0 Å². The van der Waals surface area contributed by atoms with Crippen molar-refractivity contribution < 1.29 is 24.3 Å². The maximum Gasteiger partial charge on any atom is 0.320 e. The number of carboxylic acids is 1. The van der Waals surface area contributed by atoms with Crippen LogP contribution in [-0.4, -0.2) is 60.4 Å².